The van der Waals surface area contributed by atoms with Crippen LogP contribution in [-0.4, -0.2) is 69.6 Å². The first-order valence-corrected chi connectivity index (χ1v) is 10.2. The number of morpholine rings is 1. The monoisotopic (exact) mass is 545 g/mol. The number of rotatable bonds is 9. The number of methoxy groups -OCH3 is 2. The molecule has 1 aliphatic heterocycles. The van der Waals surface area contributed by atoms with E-state index >= 15 is 0 Å². The molecule has 1 saturated heterocycles. The van der Waals surface area contributed by atoms with Crippen LogP contribution in [0, 0.1) is 0 Å². The van der Waals surface area contributed by atoms with Crippen molar-refractivity contribution < 1.29 is 18.7 Å². The standard InChI is InChI=1S/C21H31N5O4.HI/c1-4-22-21(23-14-17-7-10-30-25-17)24-15-18(26-8-11-29-12-9-26)16-5-6-19(27-2)20(13-16)28-3;/h5-7,10,13,18H,4,8-9,11-12,14-15H2,1-3H3,(H2,22,23,24);1H. The van der Waals surface area contributed by atoms with E-state index in [-0.39, 0.29) is 30.0 Å². The molecule has 0 saturated carbocycles. The van der Waals surface area contributed by atoms with Crippen molar-refractivity contribution in [3.8, 4) is 11.5 Å². The summed E-state index contributed by atoms with van der Waals surface area (Å²) >= 11 is 0. The van der Waals surface area contributed by atoms with Crippen LogP contribution in [0.5, 0.6) is 11.5 Å². The van der Waals surface area contributed by atoms with E-state index in [1.807, 2.05) is 25.1 Å². The minimum absolute atomic E-state index is 0. The molecule has 1 unspecified atom stereocenters. The fourth-order valence-corrected chi connectivity index (χ4v) is 3.42. The molecule has 2 aromatic rings. The van der Waals surface area contributed by atoms with E-state index in [0.717, 1.165) is 61.6 Å². The van der Waals surface area contributed by atoms with E-state index < -0.39 is 0 Å². The van der Waals surface area contributed by atoms with Crippen molar-refractivity contribution in [1.29, 1.82) is 0 Å². The normalized spacial score (nSPS) is 15.6. The van der Waals surface area contributed by atoms with Crippen molar-refractivity contribution >= 4 is 29.9 Å². The summed E-state index contributed by atoms with van der Waals surface area (Å²) < 4.78 is 21.3. The van der Waals surface area contributed by atoms with Gasteiger partial charge >= 0.3 is 0 Å². The second-order valence-electron chi connectivity index (χ2n) is 6.85. The molecule has 0 aliphatic carbocycles. The molecule has 2 heterocycles. The molecule has 31 heavy (non-hydrogen) atoms. The third-order valence-corrected chi connectivity index (χ3v) is 4.98. The molecule has 1 aromatic heterocycles. The number of nitrogens with one attached hydrogen (secondary N) is 2. The Kier molecular flexibility index (Phi) is 10.9. The second kappa shape index (κ2) is 13.4. The fourth-order valence-electron chi connectivity index (χ4n) is 3.42. The molecule has 0 spiro atoms. The number of halogens is 1. The van der Waals surface area contributed by atoms with Gasteiger partial charge in [-0.25, -0.2) is 4.99 Å². The Morgan fingerprint density at radius 1 is 1.16 bits per heavy atom. The van der Waals surface area contributed by atoms with Gasteiger partial charge in [-0.15, -0.1) is 24.0 Å². The van der Waals surface area contributed by atoms with Crippen molar-refractivity contribution in [2.75, 3.05) is 53.6 Å². The first kappa shape index (κ1) is 25.2. The van der Waals surface area contributed by atoms with Gasteiger partial charge in [0.15, 0.2) is 17.5 Å². The highest BCUT2D eigenvalue weighted by Gasteiger charge is 2.24. The van der Waals surface area contributed by atoms with E-state index in [2.05, 4.69) is 31.7 Å². The molecule has 1 aromatic carbocycles. The lowest BCUT2D eigenvalue weighted by atomic mass is 10.0. The van der Waals surface area contributed by atoms with E-state index in [1.165, 1.54) is 0 Å². The second-order valence-corrected chi connectivity index (χ2v) is 6.85. The number of ether oxygens (including phenoxy) is 3. The molecule has 3 rings (SSSR count). The zero-order valence-electron chi connectivity index (χ0n) is 18.3. The summed E-state index contributed by atoms with van der Waals surface area (Å²) in [6.07, 6.45) is 1.55. The lowest BCUT2D eigenvalue weighted by Gasteiger charge is -2.35. The maximum absolute atomic E-state index is 5.55. The lowest BCUT2D eigenvalue weighted by Crippen LogP contribution is -2.46. The predicted octanol–water partition coefficient (Wildman–Crippen LogP) is 2.44. The third kappa shape index (κ3) is 7.25. The Balaban J connectivity index is 0.00000341. The van der Waals surface area contributed by atoms with E-state index in [9.17, 15) is 0 Å². The maximum atomic E-state index is 5.55. The lowest BCUT2D eigenvalue weighted by molar-refractivity contribution is 0.0169. The number of hydrogen-bond donors (Lipinski definition) is 2. The Labute approximate surface area is 200 Å². The van der Waals surface area contributed by atoms with Crippen molar-refractivity contribution in [2.24, 2.45) is 4.99 Å². The quantitative estimate of drug-likeness (QED) is 0.282. The minimum Gasteiger partial charge on any atom is -0.493 e. The number of nitrogens with zero attached hydrogens (tertiary/aromatic N) is 3. The topological polar surface area (TPSA) is 93.4 Å². The SMILES string of the molecule is CCNC(=NCc1ccon1)NCC(c1ccc(OC)c(OC)c1)N1CCOCC1.I. The zero-order valence-corrected chi connectivity index (χ0v) is 20.6. The molecule has 1 aliphatic rings. The van der Waals surface area contributed by atoms with Crippen LogP contribution in [0.2, 0.25) is 0 Å². The molecule has 0 radical (unpaired) electrons. The number of aliphatic imine (C=N–C) groups is 1. The Morgan fingerprint density at radius 3 is 2.58 bits per heavy atom. The average molecular weight is 545 g/mol. The van der Waals surface area contributed by atoms with Gasteiger partial charge in [-0.2, -0.15) is 0 Å². The first-order chi connectivity index (χ1) is 14.7. The van der Waals surface area contributed by atoms with Crippen molar-refractivity contribution in [3.05, 3.63) is 41.8 Å². The largest absolute Gasteiger partial charge is 0.493 e. The highest BCUT2D eigenvalue weighted by Crippen LogP contribution is 2.32. The molecule has 9 nitrogen and oxygen atoms in total. The molecule has 1 fully saturated rings. The minimum atomic E-state index is 0. The highest BCUT2D eigenvalue weighted by atomic mass is 127. The molecular formula is C21H32IN5O4. The van der Waals surface area contributed by atoms with Gasteiger partial charge in [0.1, 0.15) is 12.0 Å². The van der Waals surface area contributed by atoms with Crippen LogP contribution in [0.15, 0.2) is 40.0 Å². The number of guanidine groups is 1. The highest BCUT2D eigenvalue weighted by molar-refractivity contribution is 14.0. The molecule has 2 N–H and O–H groups in total. The molecular weight excluding hydrogens is 513 g/mol. The van der Waals surface area contributed by atoms with E-state index in [0.29, 0.717) is 13.1 Å². The van der Waals surface area contributed by atoms with Crippen molar-refractivity contribution in [3.63, 3.8) is 0 Å². The van der Waals surface area contributed by atoms with Gasteiger partial charge in [0.25, 0.3) is 0 Å². The summed E-state index contributed by atoms with van der Waals surface area (Å²) in [7, 11) is 3.30. The van der Waals surface area contributed by atoms with Gasteiger partial charge in [0.05, 0.1) is 40.0 Å². The smallest absolute Gasteiger partial charge is 0.191 e. The Morgan fingerprint density at radius 2 is 1.94 bits per heavy atom. The Hall–Kier alpha value is -2.05. The van der Waals surface area contributed by atoms with Crippen molar-refractivity contribution in [1.82, 2.24) is 20.7 Å². The van der Waals surface area contributed by atoms with Crippen LogP contribution in [0.25, 0.3) is 0 Å². The first-order valence-electron chi connectivity index (χ1n) is 10.2. The van der Waals surface area contributed by atoms with Crippen LogP contribution in [0.4, 0.5) is 0 Å². The van der Waals surface area contributed by atoms with Gasteiger partial charge in [0, 0.05) is 32.2 Å². The van der Waals surface area contributed by atoms with Gasteiger partial charge in [-0.1, -0.05) is 11.2 Å². The third-order valence-electron chi connectivity index (χ3n) is 4.98. The van der Waals surface area contributed by atoms with Crippen LogP contribution in [0.3, 0.4) is 0 Å². The molecule has 0 amide bonds. The summed E-state index contributed by atoms with van der Waals surface area (Å²) in [6, 6.07) is 8.02. The summed E-state index contributed by atoms with van der Waals surface area (Å²) in [6.45, 7) is 7.13. The van der Waals surface area contributed by atoms with Gasteiger partial charge < -0.3 is 29.4 Å². The van der Waals surface area contributed by atoms with Crippen LogP contribution in [0.1, 0.15) is 24.2 Å². The number of benzene rings is 1. The van der Waals surface area contributed by atoms with Crippen LogP contribution < -0.4 is 20.1 Å². The average Bonchev–Trinajstić information content (AvgIpc) is 3.31. The summed E-state index contributed by atoms with van der Waals surface area (Å²) in [5.74, 6) is 2.18. The van der Waals surface area contributed by atoms with Crippen LogP contribution >= 0.6 is 24.0 Å². The summed E-state index contributed by atoms with van der Waals surface area (Å²) in [4.78, 5) is 7.03. The summed E-state index contributed by atoms with van der Waals surface area (Å²) in [5, 5.41) is 10.7. The van der Waals surface area contributed by atoms with E-state index in [4.69, 9.17) is 18.7 Å². The molecule has 0 bridgehead atoms. The number of hydrogen-bond acceptors (Lipinski definition) is 7. The Bertz CT molecular complexity index is 797. The fraction of sp³-hybridized carbons (Fsp3) is 0.524. The van der Waals surface area contributed by atoms with Crippen LogP contribution in [-0.2, 0) is 11.3 Å². The van der Waals surface area contributed by atoms with E-state index in [1.54, 1.807) is 20.5 Å². The van der Waals surface area contributed by atoms with Crippen molar-refractivity contribution in [2.45, 2.75) is 19.5 Å². The summed E-state index contributed by atoms with van der Waals surface area (Å²) in [5.41, 5.74) is 1.94. The molecule has 172 valence electrons. The maximum Gasteiger partial charge on any atom is 0.191 e. The number of aromatic nitrogens is 1. The molecule has 10 heteroatoms. The predicted molar refractivity (Wildman–Crippen MR) is 129 cm³/mol. The van der Waals surface area contributed by atoms with Gasteiger partial charge in [-0.3, -0.25) is 4.90 Å². The van der Waals surface area contributed by atoms with Gasteiger partial charge in [0.2, 0.25) is 0 Å². The zero-order chi connectivity index (χ0) is 21.2. The van der Waals surface area contributed by atoms with Gasteiger partial charge in [-0.05, 0) is 24.6 Å². The molecule has 1 atom stereocenters.